The van der Waals surface area contributed by atoms with Crippen LogP contribution in [0.4, 0.5) is 0 Å². The van der Waals surface area contributed by atoms with Crippen LogP contribution in [0.2, 0.25) is 0 Å². The average Bonchev–Trinajstić information content (AvgIpc) is 2.04. The van der Waals surface area contributed by atoms with Crippen LogP contribution in [0.15, 0.2) is 22.7 Å². The maximum atomic E-state index is 9.47. The summed E-state index contributed by atoms with van der Waals surface area (Å²) in [6, 6.07) is 6.60. The highest BCUT2D eigenvalue weighted by Gasteiger charge is 2.09. The molecule has 0 aromatic heterocycles. The Balaban J connectivity index is 0.00000169. The Morgan fingerprint density at radius 2 is 2.21 bits per heavy atom. The second kappa shape index (κ2) is 5.86. The number of nitrogens with two attached hydrogens (primary N) is 1. The summed E-state index contributed by atoms with van der Waals surface area (Å²) in [6.45, 7) is 0. The Morgan fingerprint density at radius 1 is 1.57 bits per heavy atom. The molecule has 0 saturated carbocycles. The SMILES string of the molecule is Cl.N#CC[C@@H](N)c1ccc(Br)cc1O. The van der Waals surface area contributed by atoms with Crippen molar-refractivity contribution in [3.05, 3.63) is 28.2 Å². The maximum absolute atomic E-state index is 9.47. The molecule has 3 nitrogen and oxygen atoms in total. The molecule has 0 aliphatic carbocycles. The molecule has 0 aliphatic rings. The lowest BCUT2D eigenvalue weighted by molar-refractivity contribution is 0.461. The minimum absolute atomic E-state index is 0. The summed E-state index contributed by atoms with van der Waals surface area (Å²) in [5.74, 6) is 0.122. The maximum Gasteiger partial charge on any atom is 0.121 e. The lowest BCUT2D eigenvalue weighted by atomic mass is 10.0. The molecule has 0 unspecified atom stereocenters. The number of benzene rings is 1. The monoisotopic (exact) mass is 276 g/mol. The third-order valence-electron chi connectivity index (χ3n) is 1.70. The van der Waals surface area contributed by atoms with E-state index in [2.05, 4.69) is 15.9 Å². The molecule has 1 atom stereocenters. The van der Waals surface area contributed by atoms with Gasteiger partial charge in [-0.3, -0.25) is 0 Å². The molecule has 0 amide bonds. The average molecular weight is 278 g/mol. The highest BCUT2D eigenvalue weighted by molar-refractivity contribution is 9.10. The number of phenolic OH excluding ortho intramolecular Hbond substituents is 1. The van der Waals surface area contributed by atoms with E-state index in [1.54, 1.807) is 18.2 Å². The molecule has 76 valence electrons. The van der Waals surface area contributed by atoms with Gasteiger partial charge in [-0.2, -0.15) is 5.26 Å². The minimum atomic E-state index is -0.418. The third-order valence-corrected chi connectivity index (χ3v) is 2.20. The van der Waals surface area contributed by atoms with E-state index in [4.69, 9.17) is 11.0 Å². The van der Waals surface area contributed by atoms with E-state index in [9.17, 15) is 5.11 Å². The van der Waals surface area contributed by atoms with Gasteiger partial charge in [0.2, 0.25) is 0 Å². The molecule has 0 radical (unpaired) electrons. The number of hydrogen-bond donors (Lipinski definition) is 2. The summed E-state index contributed by atoms with van der Waals surface area (Å²) in [6.07, 6.45) is 0.204. The summed E-state index contributed by atoms with van der Waals surface area (Å²) in [4.78, 5) is 0. The van der Waals surface area contributed by atoms with Crippen LogP contribution >= 0.6 is 28.3 Å². The van der Waals surface area contributed by atoms with Crippen LogP contribution in [0.5, 0.6) is 5.75 Å². The van der Waals surface area contributed by atoms with Crippen LogP contribution in [0.25, 0.3) is 0 Å². The van der Waals surface area contributed by atoms with Crippen LogP contribution in [-0.4, -0.2) is 5.11 Å². The number of phenols is 1. The van der Waals surface area contributed by atoms with Crippen LogP contribution in [-0.2, 0) is 0 Å². The van der Waals surface area contributed by atoms with Crippen molar-refractivity contribution in [3.8, 4) is 11.8 Å². The van der Waals surface area contributed by atoms with Crippen molar-refractivity contribution in [3.63, 3.8) is 0 Å². The van der Waals surface area contributed by atoms with Gasteiger partial charge in [0.1, 0.15) is 5.75 Å². The van der Waals surface area contributed by atoms with Crippen molar-refractivity contribution in [2.24, 2.45) is 5.73 Å². The van der Waals surface area contributed by atoms with Crippen LogP contribution in [0.3, 0.4) is 0 Å². The van der Waals surface area contributed by atoms with Gasteiger partial charge < -0.3 is 10.8 Å². The Labute approximate surface area is 97.1 Å². The first-order valence-corrected chi connectivity index (χ1v) is 4.55. The van der Waals surface area contributed by atoms with Gasteiger partial charge in [0, 0.05) is 16.1 Å². The minimum Gasteiger partial charge on any atom is -0.508 e. The van der Waals surface area contributed by atoms with Gasteiger partial charge >= 0.3 is 0 Å². The van der Waals surface area contributed by atoms with Crippen LogP contribution < -0.4 is 5.73 Å². The zero-order valence-electron chi connectivity index (χ0n) is 7.27. The molecule has 1 aromatic rings. The van der Waals surface area contributed by atoms with E-state index in [1.165, 1.54) is 0 Å². The summed E-state index contributed by atoms with van der Waals surface area (Å²) in [5, 5.41) is 17.9. The van der Waals surface area contributed by atoms with Gasteiger partial charge in [-0.05, 0) is 12.1 Å². The van der Waals surface area contributed by atoms with Crippen LogP contribution in [0, 0.1) is 11.3 Å². The summed E-state index contributed by atoms with van der Waals surface area (Å²) in [7, 11) is 0. The first kappa shape index (κ1) is 13.2. The lowest BCUT2D eigenvalue weighted by Crippen LogP contribution is -2.09. The van der Waals surface area contributed by atoms with Gasteiger partial charge in [0.15, 0.2) is 0 Å². The predicted octanol–water partition coefficient (Wildman–Crippen LogP) is 2.49. The quantitative estimate of drug-likeness (QED) is 0.872. The van der Waals surface area contributed by atoms with Crippen molar-refractivity contribution >= 4 is 28.3 Å². The molecular formula is C9H10BrClN2O. The van der Waals surface area contributed by atoms with Crippen molar-refractivity contribution in [2.45, 2.75) is 12.5 Å². The predicted molar refractivity (Wildman–Crippen MR) is 60.2 cm³/mol. The molecule has 0 bridgehead atoms. The molecule has 1 aromatic carbocycles. The fraction of sp³-hybridized carbons (Fsp3) is 0.222. The number of halogens is 2. The Kier molecular flexibility index (Phi) is 5.55. The van der Waals surface area contributed by atoms with Crippen molar-refractivity contribution in [2.75, 3.05) is 0 Å². The number of nitrogens with zero attached hydrogens (tertiary/aromatic N) is 1. The number of nitriles is 1. The molecule has 0 fully saturated rings. The van der Waals surface area contributed by atoms with Gasteiger partial charge in [-0.15, -0.1) is 12.4 Å². The van der Waals surface area contributed by atoms with E-state index in [0.717, 1.165) is 4.47 Å². The second-order valence-corrected chi connectivity index (χ2v) is 3.59. The number of aromatic hydroxyl groups is 1. The molecule has 0 aliphatic heterocycles. The van der Waals surface area contributed by atoms with Crippen LogP contribution in [0.1, 0.15) is 18.0 Å². The van der Waals surface area contributed by atoms with E-state index in [1.807, 2.05) is 6.07 Å². The van der Waals surface area contributed by atoms with E-state index >= 15 is 0 Å². The summed E-state index contributed by atoms with van der Waals surface area (Å²) >= 11 is 3.22. The molecule has 14 heavy (non-hydrogen) atoms. The largest absolute Gasteiger partial charge is 0.508 e. The topological polar surface area (TPSA) is 70.0 Å². The Hall–Kier alpha value is -0.760. The molecule has 3 N–H and O–H groups in total. The number of hydrogen-bond acceptors (Lipinski definition) is 3. The summed E-state index contributed by atoms with van der Waals surface area (Å²) in [5.41, 5.74) is 6.26. The first-order valence-electron chi connectivity index (χ1n) is 3.76. The fourth-order valence-corrected chi connectivity index (χ4v) is 1.39. The second-order valence-electron chi connectivity index (χ2n) is 2.67. The highest BCUT2D eigenvalue weighted by atomic mass is 79.9. The molecular weight excluding hydrogens is 267 g/mol. The number of rotatable bonds is 2. The van der Waals surface area contributed by atoms with Crippen molar-refractivity contribution < 1.29 is 5.11 Å². The molecule has 5 heteroatoms. The standard InChI is InChI=1S/C9H9BrN2O.ClH/c10-6-1-2-7(9(13)5-6)8(12)3-4-11;/h1-2,5,8,13H,3,12H2;1H/t8-;/m1./s1. The smallest absolute Gasteiger partial charge is 0.121 e. The third kappa shape index (κ3) is 3.18. The Bertz CT molecular complexity index is 351. The van der Waals surface area contributed by atoms with Gasteiger partial charge in [-0.25, -0.2) is 0 Å². The Morgan fingerprint density at radius 3 is 2.71 bits per heavy atom. The van der Waals surface area contributed by atoms with E-state index in [0.29, 0.717) is 5.56 Å². The van der Waals surface area contributed by atoms with Gasteiger partial charge in [0.25, 0.3) is 0 Å². The fourth-order valence-electron chi connectivity index (χ4n) is 1.04. The lowest BCUT2D eigenvalue weighted by Gasteiger charge is -2.09. The van der Waals surface area contributed by atoms with E-state index in [-0.39, 0.29) is 24.6 Å². The molecule has 0 spiro atoms. The zero-order valence-corrected chi connectivity index (χ0v) is 9.68. The molecule has 0 saturated heterocycles. The molecule has 0 heterocycles. The van der Waals surface area contributed by atoms with Gasteiger partial charge in [0.05, 0.1) is 12.5 Å². The summed E-state index contributed by atoms with van der Waals surface area (Å²) < 4.78 is 0.790. The molecule has 1 rings (SSSR count). The van der Waals surface area contributed by atoms with Crippen molar-refractivity contribution in [1.29, 1.82) is 5.26 Å². The van der Waals surface area contributed by atoms with Gasteiger partial charge in [-0.1, -0.05) is 22.0 Å². The van der Waals surface area contributed by atoms with E-state index < -0.39 is 6.04 Å². The zero-order chi connectivity index (χ0) is 9.84. The van der Waals surface area contributed by atoms with Crippen molar-refractivity contribution in [1.82, 2.24) is 0 Å². The first-order chi connectivity index (χ1) is 6.15. The normalized spacial score (nSPS) is 11.2. The highest BCUT2D eigenvalue weighted by Crippen LogP contribution is 2.27.